The van der Waals surface area contributed by atoms with Gasteiger partial charge in [0.25, 0.3) is 5.91 Å². The molecule has 3 aromatic rings. The summed E-state index contributed by atoms with van der Waals surface area (Å²) in [5, 5.41) is 11.7. The van der Waals surface area contributed by atoms with Gasteiger partial charge in [0.1, 0.15) is 11.8 Å². The maximum atomic E-state index is 12.4. The van der Waals surface area contributed by atoms with E-state index in [1.807, 2.05) is 6.07 Å². The lowest BCUT2D eigenvalue weighted by Crippen LogP contribution is -2.21. The number of halogens is 1. The van der Waals surface area contributed by atoms with Crippen molar-refractivity contribution in [3.8, 4) is 17.4 Å². The number of carbonyl (C=O) groups excluding carboxylic acids is 3. The third kappa shape index (κ3) is 4.69. The number of nitriles is 1. The van der Waals surface area contributed by atoms with E-state index in [1.54, 1.807) is 36.4 Å². The molecule has 0 aliphatic heterocycles. The quantitative estimate of drug-likeness (QED) is 0.486. The van der Waals surface area contributed by atoms with Crippen molar-refractivity contribution in [1.82, 2.24) is 0 Å². The number of benzene rings is 2. The first-order chi connectivity index (χ1) is 14.0. The molecule has 29 heavy (non-hydrogen) atoms. The van der Waals surface area contributed by atoms with Crippen LogP contribution in [0, 0.1) is 11.3 Å². The molecular weight excluding hydrogens is 396 g/mol. The van der Waals surface area contributed by atoms with Gasteiger partial charge in [-0.1, -0.05) is 23.7 Å². The molecule has 0 atom stereocenters. The molecule has 0 spiro atoms. The molecule has 0 saturated heterocycles. The molecule has 0 radical (unpaired) electrons. The lowest BCUT2D eigenvalue weighted by atomic mass is 10.1. The standard InChI is InChI=1S/C21H13ClN2O5/c22-17-7-5-13(19-8-6-15(11-25)29-19)9-16(17)21(27)28-12-20(26)24-18-4-2-1-3-14(18)10-23/h1-9,11H,12H2,(H,24,26). The van der Waals surface area contributed by atoms with Crippen molar-refractivity contribution >= 4 is 35.5 Å². The second kappa shape index (κ2) is 8.87. The highest BCUT2D eigenvalue weighted by molar-refractivity contribution is 6.33. The summed E-state index contributed by atoms with van der Waals surface area (Å²) in [4.78, 5) is 35.2. The minimum atomic E-state index is -0.803. The Morgan fingerprint density at radius 2 is 1.97 bits per heavy atom. The Labute approximate surface area is 170 Å². The van der Waals surface area contributed by atoms with E-state index in [0.717, 1.165) is 0 Å². The summed E-state index contributed by atoms with van der Waals surface area (Å²) in [6, 6.07) is 16.0. The van der Waals surface area contributed by atoms with Crippen LogP contribution in [0.15, 0.2) is 59.0 Å². The average Bonchev–Trinajstić information content (AvgIpc) is 3.22. The molecule has 0 aliphatic rings. The van der Waals surface area contributed by atoms with Crippen LogP contribution in [0.4, 0.5) is 5.69 Å². The van der Waals surface area contributed by atoms with E-state index in [9.17, 15) is 14.4 Å². The van der Waals surface area contributed by atoms with Crippen molar-refractivity contribution in [3.63, 3.8) is 0 Å². The summed E-state index contributed by atoms with van der Waals surface area (Å²) < 4.78 is 10.4. The summed E-state index contributed by atoms with van der Waals surface area (Å²) in [6.07, 6.45) is 0.567. The minimum Gasteiger partial charge on any atom is -0.453 e. The SMILES string of the molecule is N#Cc1ccccc1NC(=O)COC(=O)c1cc(-c2ccc(C=O)o2)ccc1Cl. The van der Waals surface area contributed by atoms with Gasteiger partial charge in [0.2, 0.25) is 0 Å². The minimum absolute atomic E-state index is 0.0402. The second-order valence-corrected chi connectivity index (χ2v) is 6.20. The Hall–Kier alpha value is -3.89. The maximum absolute atomic E-state index is 12.4. The number of anilines is 1. The molecule has 0 fully saturated rings. The summed E-state index contributed by atoms with van der Waals surface area (Å²) in [5.41, 5.74) is 1.16. The fourth-order valence-electron chi connectivity index (χ4n) is 2.49. The van der Waals surface area contributed by atoms with Gasteiger partial charge in [-0.05, 0) is 42.5 Å². The number of aldehydes is 1. The van der Waals surface area contributed by atoms with Crippen LogP contribution in [0.5, 0.6) is 0 Å². The first kappa shape index (κ1) is 19.9. The highest BCUT2D eigenvalue weighted by Crippen LogP contribution is 2.27. The predicted octanol–water partition coefficient (Wildman–Crippen LogP) is 4.08. The van der Waals surface area contributed by atoms with Gasteiger partial charge in [0.15, 0.2) is 18.7 Å². The highest BCUT2D eigenvalue weighted by Gasteiger charge is 2.17. The number of nitrogens with one attached hydrogen (secondary N) is 1. The Bertz CT molecular complexity index is 1130. The number of carbonyl (C=O) groups is 3. The van der Waals surface area contributed by atoms with Gasteiger partial charge in [-0.2, -0.15) is 5.26 Å². The monoisotopic (exact) mass is 408 g/mol. The van der Waals surface area contributed by atoms with Gasteiger partial charge in [0.05, 0.1) is 21.8 Å². The zero-order valence-corrected chi connectivity index (χ0v) is 15.6. The van der Waals surface area contributed by atoms with Crippen LogP contribution in [0.3, 0.4) is 0 Å². The molecule has 1 N–H and O–H groups in total. The number of esters is 1. The number of ether oxygens (including phenoxy) is 1. The number of para-hydroxylation sites is 1. The number of hydrogen-bond acceptors (Lipinski definition) is 6. The zero-order valence-electron chi connectivity index (χ0n) is 14.8. The third-order valence-corrected chi connectivity index (χ3v) is 4.20. The highest BCUT2D eigenvalue weighted by atomic mass is 35.5. The van der Waals surface area contributed by atoms with E-state index in [2.05, 4.69) is 5.32 Å². The normalized spacial score (nSPS) is 10.1. The Kier molecular flexibility index (Phi) is 6.07. The second-order valence-electron chi connectivity index (χ2n) is 5.80. The average molecular weight is 409 g/mol. The predicted molar refractivity (Wildman–Crippen MR) is 105 cm³/mol. The third-order valence-electron chi connectivity index (χ3n) is 3.87. The largest absolute Gasteiger partial charge is 0.453 e. The van der Waals surface area contributed by atoms with Gasteiger partial charge >= 0.3 is 5.97 Å². The first-order valence-corrected chi connectivity index (χ1v) is 8.70. The van der Waals surface area contributed by atoms with Gasteiger partial charge in [-0.3, -0.25) is 9.59 Å². The van der Waals surface area contributed by atoms with E-state index in [1.165, 1.54) is 18.2 Å². The lowest BCUT2D eigenvalue weighted by Gasteiger charge is -2.09. The number of nitrogens with zero attached hydrogens (tertiary/aromatic N) is 1. The Morgan fingerprint density at radius 1 is 1.17 bits per heavy atom. The fourth-order valence-corrected chi connectivity index (χ4v) is 2.69. The summed E-state index contributed by atoms with van der Waals surface area (Å²) in [5.74, 6) is -0.880. The van der Waals surface area contributed by atoms with Crippen LogP contribution in [-0.4, -0.2) is 24.8 Å². The van der Waals surface area contributed by atoms with Crippen LogP contribution in [0.2, 0.25) is 5.02 Å². The molecule has 8 heteroatoms. The van der Waals surface area contributed by atoms with Gasteiger partial charge in [0, 0.05) is 5.56 Å². The molecule has 7 nitrogen and oxygen atoms in total. The van der Waals surface area contributed by atoms with E-state index < -0.39 is 18.5 Å². The van der Waals surface area contributed by atoms with Crippen LogP contribution >= 0.6 is 11.6 Å². The van der Waals surface area contributed by atoms with Crippen LogP contribution in [0.25, 0.3) is 11.3 Å². The van der Waals surface area contributed by atoms with Crippen LogP contribution < -0.4 is 5.32 Å². The summed E-state index contributed by atoms with van der Waals surface area (Å²) >= 11 is 6.07. The Morgan fingerprint density at radius 3 is 2.69 bits per heavy atom. The van der Waals surface area contributed by atoms with E-state index >= 15 is 0 Å². The van der Waals surface area contributed by atoms with Crippen molar-refractivity contribution in [1.29, 1.82) is 5.26 Å². The van der Waals surface area contributed by atoms with Crippen molar-refractivity contribution in [3.05, 3.63) is 76.5 Å². The molecule has 0 unspecified atom stereocenters. The molecule has 1 amide bonds. The molecule has 144 valence electrons. The van der Waals surface area contributed by atoms with Crippen molar-refractivity contribution in [2.45, 2.75) is 0 Å². The molecule has 1 heterocycles. The van der Waals surface area contributed by atoms with Gasteiger partial charge in [-0.15, -0.1) is 0 Å². The Balaban J connectivity index is 1.69. The van der Waals surface area contributed by atoms with E-state index in [-0.39, 0.29) is 21.9 Å². The number of rotatable bonds is 6. The van der Waals surface area contributed by atoms with Crippen molar-refractivity contribution in [2.24, 2.45) is 0 Å². The molecule has 3 rings (SSSR count). The molecular formula is C21H13ClN2O5. The smallest absolute Gasteiger partial charge is 0.340 e. The number of furan rings is 1. The summed E-state index contributed by atoms with van der Waals surface area (Å²) in [6.45, 7) is -0.560. The van der Waals surface area contributed by atoms with Gasteiger partial charge < -0.3 is 14.5 Å². The number of hydrogen-bond donors (Lipinski definition) is 1. The first-order valence-electron chi connectivity index (χ1n) is 8.33. The van der Waals surface area contributed by atoms with E-state index in [0.29, 0.717) is 23.3 Å². The van der Waals surface area contributed by atoms with E-state index in [4.69, 9.17) is 26.0 Å². The summed E-state index contributed by atoms with van der Waals surface area (Å²) in [7, 11) is 0. The molecule has 0 aliphatic carbocycles. The number of amides is 1. The topological polar surface area (TPSA) is 109 Å². The molecule has 2 aromatic carbocycles. The van der Waals surface area contributed by atoms with Crippen molar-refractivity contribution < 1.29 is 23.5 Å². The fraction of sp³-hybridized carbons (Fsp3) is 0.0476. The van der Waals surface area contributed by atoms with Crippen LogP contribution in [-0.2, 0) is 9.53 Å². The van der Waals surface area contributed by atoms with Crippen LogP contribution in [0.1, 0.15) is 26.5 Å². The molecule has 0 saturated carbocycles. The molecule has 1 aromatic heterocycles. The maximum Gasteiger partial charge on any atom is 0.340 e. The zero-order chi connectivity index (χ0) is 20.8. The van der Waals surface area contributed by atoms with Gasteiger partial charge in [-0.25, -0.2) is 4.79 Å². The van der Waals surface area contributed by atoms with Crippen molar-refractivity contribution in [2.75, 3.05) is 11.9 Å². The lowest BCUT2D eigenvalue weighted by molar-refractivity contribution is -0.119. The molecule has 0 bridgehead atoms.